The number of ketones is 1. The molecular weight excluding hydrogens is 266 g/mol. The second kappa shape index (κ2) is 5.61. The molecule has 1 aromatic rings. The van der Waals surface area contributed by atoms with Gasteiger partial charge in [0, 0.05) is 25.8 Å². The fourth-order valence-corrected chi connectivity index (χ4v) is 2.70. The number of aromatic nitrogens is 2. The second-order valence-electron chi connectivity index (χ2n) is 5.31. The molecule has 5 nitrogen and oxygen atoms in total. The van der Waals surface area contributed by atoms with Gasteiger partial charge in [0.05, 0.1) is 16.6 Å². The van der Waals surface area contributed by atoms with Crippen LogP contribution >= 0.6 is 11.6 Å². The zero-order valence-corrected chi connectivity index (χ0v) is 12.1. The summed E-state index contributed by atoms with van der Waals surface area (Å²) in [5.74, 6) is -0.00509. The van der Waals surface area contributed by atoms with Gasteiger partial charge in [-0.25, -0.2) is 0 Å². The number of nitrogens with zero attached hydrogens (tertiary/aromatic N) is 2. The molecule has 1 aliphatic rings. The molecule has 2 rings (SSSR count). The maximum Gasteiger partial charge on any atom is 0.189 e. The van der Waals surface area contributed by atoms with Gasteiger partial charge < -0.3 is 10.5 Å². The first kappa shape index (κ1) is 14.5. The van der Waals surface area contributed by atoms with Gasteiger partial charge >= 0.3 is 0 Å². The average molecular weight is 286 g/mol. The molecule has 0 aliphatic carbocycles. The van der Waals surface area contributed by atoms with Crippen LogP contribution in [0.3, 0.4) is 0 Å². The minimum Gasteiger partial charge on any atom is -0.381 e. The monoisotopic (exact) mass is 285 g/mol. The van der Waals surface area contributed by atoms with Crippen LogP contribution in [-0.4, -0.2) is 35.3 Å². The van der Waals surface area contributed by atoms with Gasteiger partial charge in [-0.15, -0.1) is 0 Å². The maximum absolute atomic E-state index is 12.9. The lowest BCUT2D eigenvalue weighted by molar-refractivity contribution is 0.0193. The third-order valence-electron chi connectivity index (χ3n) is 3.78. The Morgan fingerprint density at radius 3 is 2.74 bits per heavy atom. The van der Waals surface area contributed by atoms with E-state index < -0.39 is 5.41 Å². The van der Waals surface area contributed by atoms with Crippen molar-refractivity contribution in [1.29, 1.82) is 0 Å². The van der Waals surface area contributed by atoms with E-state index >= 15 is 0 Å². The van der Waals surface area contributed by atoms with Gasteiger partial charge in [-0.2, -0.15) is 5.10 Å². The van der Waals surface area contributed by atoms with E-state index in [1.54, 1.807) is 4.68 Å². The summed E-state index contributed by atoms with van der Waals surface area (Å²) in [6.45, 7) is 5.39. The van der Waals surface area contributed by atoms with E-state index in [4.69, 9.17) is 22.1 Å². The van der Waals surface area contributed by atoms with E-state index in [9.17, 15) is 4.79 Å². The summed E-state index contributed by atoms with van der Waals surface area (Å²) >= 11 is 6.15. The van der Waals surface area contributed by atoms with Gasteiger partial charge in [-0.3, -0.25) is 9.48 Å². The largest absolute Gasteiger partial charge is 0.381 e. The molecule has 0 aromatic carbocycles. The van der Waals surface area contributed by atoms with Gasteiger partial charge in [-0.1, -0.05) is 11.6 Å². The molecule has 6 heteroatoms. The molecule has 0 radical (unpaired) electrons. The van der Waals surface area contributed by atoms with Crippen molar-refractivity contribution in [3.63, 3.8) is 0 Å². The van der Waals surface area contributed by atoms with Crippen LogP contribution in [0.5, 0.6) is 0 Å². The number of rotatable bonds is 4. The van der Waals surface area contributed by atoms with Gasteiger partial charge in [-0.05, 0) is 26.7 Å². The molecular formula is C13H20ClN3O2. The number of hydrogen-bond donors (Lipinski definition) is 1. The molecule has 19 heavy (non-hydrogen) atoms. The summed E-state index contributed by atoms with van der Waals surface area (Å²) in [4.78, 5) is 12.9. The number of nitrogens with two attached hydrogens (primary N) is 1. The molecule has 0 bridgehead atoms. The first-order valence-electron chi connectivity index (χ1n) is 6.57. The molecule has 0 unspecified atom stereocenters. The van der Waals surface area contributed by atoms with Crippen LogP contribution in [0.2, 0.25) is 5.02 Å². The third-order valence-corrected chi connectivity index (χ3v) is 4.05. The van der Waals surface area contributed by atoms with Crippen molar-refractivity contribution in [3.8, 4) is 0 Å². The predicted molar refractivity (Wildman–Crippen MR) is 73.5 cm³/mol. The van der Waals surface area contributed by atoms with Crippen molar-refractivity contribution >= 4 is 17.4 Å². The van der Waals surface area contributed by atoms with E-state index in [-0.39, 0.29) is 11.8 Å². The van der Waals surface area contributed by atoms with Gasteiger partial charge in [0.25, 0.3) is 0 Å². The third kappa shape index (κ3) is 2.55. The number of Topliss-reactive ketones (excluding diaryl/α,β-unsaturated/α-hetero) is 1. The SMILES string of the molecule is CC(C)n1ncc(Cl)c1C(=O)C1(CN)CCOCC1. The minimum atomic E-state index is -0.561. The standard InChI is InChI=1S/C13H20ClN3O2/c1-9(2)17-11(10(14)7-16-17)12(18)13(8-15)3-5-19-6-4-13/h7,9H,3-6,8,15H2,1-2H3. The minimum absolute atomic E-state index is 0.00509. The van der Waals surface area contributed by atoms with Gasteiger partial charge in [0.15, 0.2) is 5.78 Å². The lowest BCUT2D eigenvalue weighted by atomic mass is 9.75. The molecule has 1 aromatic heterocycles. The summed E-state index contributed by atoms with van der Waals surface area (Å²) in [7, 11) is 0. The molecule has 0 amide bonds. The van der Waals surface area contributed by atoms with Crippen molar-refractivity contribution in [1.82, 2.24) is 9.78 Å². The van der Waals surface area contributed by atoms with Gasteiger partial charge in [0.2, 0.25) is 0 Å². The maximum atomic E-state index is 12.9. The first-order valence-corrected chi connectivity index (χ1v) is 6.95. The second-order valence-corrected chi connectivity index (χ2v) is 5.71. The Hall–Kier alpha value is -0.910. The molecule has 0 atom stereocenters. The smallest absolute Gasteiger partial charge is 0.189 e. The molecule has 106 valence electrons. The highest BCUT2D eigenvalue weighted by Crippen LogP contribution is 2.35. The fraction of sp³-hybridized carbons (Fsp3) is 0.692. The summed E-state index contributed by atoms with van der Waals surface area (Å²) in [6, 6.07) is 0.0844. The van der Waals surface area contributed by atoms with Crippen molar-refractivity contribution in [3.05, 3.63) is 16.9 Å². The van der Waals surface area contributed by atoms with E-state index in [0.717, 1.165) is 0 Å². The Balaban J connectivity index is 2.40. The van der Waals surface area contributed by atoms with Crippen molar-refractivity contribution in [2.24, 2.45) is 11.1 Å². The highest BCUT2D eigenvalue weighted by Gasteiger charge is 2.41. The average Bonchev–Trinajstić information content (AvgIpc) is 2.80. The molecule has 2 heterocycles. The van der Waals surface area contributed by atoms with Crippen molar-refractivity contribution in [2.75, 3.05) is 19.8 Å². The Morgan fingerprint density at radius 1 is 1.58 bits per heavy atom. The number of carbonyl (C=O) groups is 1. The number of ether oxygens (including phenoxy) is 1. The number of halogens is 1. The molecule has 0 spiro atoms. The predicted octanol–water partition coefficient (Wildman–Crippen LogP) is 2.06. The van der Waals surface area contributed by atoms with Crippen molar-refractivity contribution < 1.29 is 9.53 Å². The molecule has 1 fully saturated rings. The normalized spacial score (nSPS) is 18.8. The van der Waals surface area contributed by atoms with Gasteiger partial charge in [0.1, 0.15) is 5.69 Å². The Kier molecular flexibility index (Phi) is 4.28. The zero-order valence-electron chi connectivity index (χ0n) is 11.4. The Bertz CT molecular complexity index is 464. The summed E-state index contributed by atoms with van der Waals surface area (Å²) < 4.78 is 7.02. The topological polar surface area (TPSA) is 70.1 Å². The van der Waals surface area contributed by atoms with Crippen LogP contribution in [0, 0.1) is 5.41 Å². The van der Waals surface area contributed by atoms with Crippen LogP contribution in [0.15, 0.2) is 6.20 Å². The number of hydrogen-bond acceptors (Lipinski definition) is 4. The van der Waals surface area contributed by atoms with E-state index in [0.29, 0.717) is 43.3 Å². The van der Waals surface area contributed by atoms with Crippen LogP contribution < -0.4 is 5.73 Å². The summed E-state index contributed by atoms with van der Waals surface area (Å²) in [5, 5.41) is 4.59. The van der Waals surface area contributed by atoms with Crippen LogP contribution in [-0.2, 0) is 4.74 Å². The number of carbonyl (C=O) groups excluding carboxylic acids is 1. The first-order chi connectivity index (χ1) is 9.02. The molecule has 2 N–H and O–H groups in total. The zero-order chi connectivity index (χ0) is 14.0. The Labute approximate surface area is 118 Å². The highest BCUT2D eigenvalue weighted by molar-refractivity contribution is 6.33. The quantitative estimate of drug-likeness (QED) is 0.860. The summed E-state index contributed by atoms with van der Waals surface area (Å²) in [5.41, 5.74) is 5.79. The highest BCUT2D eigenvalue weighted by atomic mass is 35.5. The van der Waals surface area contributed by atoms with E-state index in [2.05, 4.69) is 5.10 Å². The lowest BCUT2D eigenvalue weighted by Crippen LogP contribution is -2.44. The summed E-state index contributed by atoms with van der Waals surface area (Å²) in [6.07, 6.45) is 2.81. The van der Waals surface area contributed by atoms with Crippen LogP contribution in [0.25, 0.3) is 0 Å². The Morgan fingerprint density at radius 2 is 2.21 bits per heavy atom. The van der Waals surface area contributed by atoms with Crippen molar-refractivity contribution in [2.45, 2.75) is 32.7 Å². The molecule has 0 saturated carbocycles. The van der Waals surface area contributed by atoms with Crippen LogP contribution in [0.4, 0.5) is 0 Å². The van der Waals surface area contributed by atoms with E-state index in [1.165, 1.54) is 6.20 Å². The molecule has 1 saturated heterocycles. The van der Waals surface area contributed by atoms with Crippen LogP contribution in [0.1, 0.15) is 43.2 Å². The lowest BCUT2D eigenvalue weighted by Gasteiger charge is -2.34. The van der Waals surface area contributed by atoms with E-state index in [1.807, 2.05) is 13.8 Å². The fourth-order valence-electron chi connectivity index (χ4n) is 2.48. The molecule has 1 aliphatic heterocycles.